The van der Waals surface area contributed by atoms with E-state index in [-0.39, 0.29) is 5.56 Å². The van der Waals surface area contributed by atoms with Crippen LogP contribution in [-0.2, 0) is 0 Å². The van der Waals surface area contributed by atoms with Crippen molar-refractivity contribution >= 4 is 21.9 Å². The maximum absolute atomic E-state index is 10.7. The molecule has 70 valence electrons. The molecule has 1 heterocycles. The maximum atomic E-state index is 10.7. The van der Waals surface area contributed by atoms with Gasteiger partial charge in [0.25, 0.3) is 0 Å². The number of hydrogen-bond donors (Lipinski definition) is 1. The Balaban J connectivity index is 3.10. The van der Waals surface area contributed by atoms with Crippen molar-refractivity contribution in [2.24, 2.45) is 0 Å². The highest BCUT2D eigenvalue weighted by Gasteiger charge is 2.11. The minimum Gasteiger partial charge on any atom is -0.491 e. The van der Waals surface area contributed by atoms with E-state index in [1.54, 1.807) is 6.92 Å². The lowest BCUT2D eigenvalue weighted by Crippen LogP contribution is -2.03. The molecule has 13 heavy (non-hydrogen) atoms. The van der Waals surface area contributed by atoms with Crippen molar-refractivity contribution in [2.45, 2.75) is 6.92 Å². The fourth-order valence-corrected chi connectivity index (χ4v) is 1.19. The molecule has 0 aliphatic rings. The van der Waals surface area contributed by atoms with Gasteiger partial charge >= 0.3 is 5.97 Å². The summed E-state index contributed by atoms with van der Waals surface area (Å²) in [5.74, 6) is -0.732. The summed E-state index contributed by atoms with van der Waals surface area (Å²) < 4.78 is 5.57. The predicted octanol–water partition coefficient (Wildman–Crippen LogP) is 1.94. The summed E-state index contributed by atoms with van der Waals surface area (Å²) in [6.45, 7) is 2.21. The number of pyridine rings is 1. The number of carboxylic acid groups (broad SMARTS) is 1. The van der Waals surface area contributed by atoms with Gasteiger partial charge in [0.15, 0.2) is 5.75 Å². The average Bonchev–Trinajstić information content (AvgIpc) is 2.08. The van der Waals surface area contributed by atoms with Crippen LogP contribution in [0.1, 0.15) is 17.3 Å². The molecule has 0 atom stereocenters. The second-order valence-corrected chi connectivity index (χ2v) is 3.05. The Morgan fingerprint density at radius 2 is 2.46 bits per heavy atom. The van der Waals surface area contributed by atoms with Gasteiger partial charge in [-0.1, -0.05) is 0 Å². The summed E-state index contributed by atoms with van der Waals surface area (Å²) in [7, 11) is 0. The third-order valence-electron chi connectivity index (χ3n) is 1.36. The van der Waals surface area contributed by atoms with Crippen molar-refractivity contribution in [1.82, 2.24) is 4.98 Å². The number of nitrogens with zero attached hydrogens (tertiary/aromatic N) is 1. The molecule has 1 rings (SSSR count). The Hall–Kier alpha value is -1.10. The number of carboxylic acids is 1. The third kappa shape index (κ3) is 2.42. The van der Waals surface area contributed by atoms with Crippen LogP contribution >= 0.6 is 15.9 Å². The van der Waals surface area contributed by atoms with Gasteiger partial charge in [-0.3, -0.25) is 0 Å². The molecule has 1 N–H and O–H groups in total. The molecule has 0 radical (unpaired) electrons. The molecule has 0 saturated carbocycles. The second kappa shape index (κ2) is 4.23. The molecule has 0 aliphatic heterocycles. The molecular weight excluding hydrogens is 238 g/mol. The predicted molar refractivity (Wildman–Crippen MR) is 50.1 cm³/mol. The number of carbonyl (C=O) groups is 1. The molecule has 0 saturated heterocycles. The lowest BCUT2D eigenvalue weighted by molar-refractivity contribution is 0.0692. The van der Waals surface area contributed by atoms with E-state index in [2.05, 4.69) is 20.9 Å². The van der Waals surface area contributed by atoms with Gasteiger partial charge in [-0.2, -0.15) is 0 Å². The van der Waals surface area contributed by atoms with Crippen LogP contribution in [0.2, 0.25) is 0 Å². The van der Waals surface area contributed by atoms with Crippen molar-refractivity contribution in [2.75, 3.05) is 6.61 Å². The molecule has 1 aromatic rings. The standard InChI is InChI=1S/C8H8BrNO3/c1-2-13-6-4-10-7(9)3-5(6)8(11)12/h3-4H,2H2,1H3,(H,11,12). The minimum absolute atomic E-state index is 0.115. The quantitative estimate of drug-likeness (QED) is 0.828. The molecular formula is C8H8BrNO3. The highest BCUT2D eigenvalue weighted by molar-refractivity contribution is 9.10. The van der Waals surface area contributed by atoms with E-state index in [0.717, 1.165) is 0 Å². The largest absolute Gasteiger partial charge is 0.491 e. The molecule has 0 unspecified atom stereocenters. The van der Waals surface area contributed by atoms with Crippen LogP contribution in [0.25, 0.3) is 0 Å². The van der Waals surface area contributed by atoms with Crippen molar-refractivity contribution in [3.05, 3.63) is 22.4 Å². The van der Waals surface area contributed by atoms with E-state index >= 15 is 0 Å². The Morgan fingerprint density at radius 3 is 3.00 bits per heavy atom. The van der Waals surface area contributed by atoms with E-state index in [1.165, 1.54) is 12.3 Å². The van der Waals surface area contributed by atoms with E-state index in [9.17, 15) is 4.79 Å². The van der Waals surface area contributed by atoms with E-state index in [1.807, 2.05) is 0 Å². The number of aromatic carboxylic acids is 1. The average molecular weight is 246 g/mol. The van der Waals surface area contributed by atoms with Crippen LogP contribution in [-0.4, -0.2) is 22.7 Å². The van der Waals surface area contributed by atoms with Gasteiger partial charge in [0.2, 0.25) is 0 Å². The Labute approximate surface area is 83.7 Å². The summed E-state index contributed by atoms with van der Waals surface area (Å²) in [4.78, 5) is 14.6. The summed E-state index contributed by atoms with van der Waals surface area (Å²) in [5.41, 5.74) is 0.115. The van der Waals surface area contributed by atoms with Gasteiger partial charge in [-0.05, 0) is 28.9 Å². The number of aromatic nitrogens is 1. The normalized spacial score (nSPS) is 9.69. The zero-order chi connectivity index (χ0) is 9.84. The van der Waals surface area contributed by atoms with E-state index < -0.39 is 5.97 Å². The first-order chi connectivity index (χ1) is 6.15. The van der Waals surface area contributed by atoms with Gasteiger partial charge in [-0.25, -0.2) is 9.78 Å². The number of halogens is 1. The molecule has 0 aromatic carbocycles. The summed E-state index contributed by atoms with van der Waals surface area (Å²) in [6, 6.07) is 1.41. The molecule has 0 amide bonds. The lowest BCUT2D eigenvalue weighted by atomic mass is 10.2. The van der Waals surface area contributed by atoms with Crippen LogP contribution in [0.5, 0.6) is 5.75 Å². The Morgan fingerprint density at radius 1 is 1.77 bits per heavy atom. The molecule has 1 aromatic heterocycles. The van der Waals surface area contributed by atoms with Gasteiger partial charge in [0.1, 0.15) is 10.2 Å². The Kier molecular flexibility index (Phi) is 3.25. The van der Waals surface area contributed by atoms with Crippen molar-refractivity contribution < 1.29 is 14.6 Å². The summed E-state index contributed by atoms with van der Waals surface area (Å²) in [6.07, 6.45) is 1.39. The number of rotatable bonds is 3. The first-order valence-electron chi connectivity index (χ1n) is 3.66. The fourth-order valence-electron chi connectivity index (χ4n) is 0.855. The van der Waals surface area contributed by atoms with Crippen molar-refractivity contribution in [3.8, 4) is 5.75 Å². The smallest absolute Gasteiger partial charge is 0.339 e. The second-order valence-electron chi connectivity index (χ2n) is 2.24. The summed E-state index contributed by atoms with van der Waals surface area (Å²) >= 11 is 3.09. The Bertz CT molecular complexity index is 327. The number of ether oxygens (including phenoxy) is 1. The zero-order valence-corrected chi connectivity index (χ0v) is 8.54. The van der Waals surface area contributed by atoms with Gasteiger partial charge in [0, 0.05) is 0 Å². The van der Waals surface area contributed by atoms with Crippen LogP contribution < -0.4 is 4.74 Å². The molecule has 0 fully saturated rings. The highest BCUT2D eigenvalue weighted by Crippen LogP contribution is 2.20. The molecule has 0 spiro atoms. The number of hydrogen-bond acceptors (Lipinski definition) is 3. The third-order valence-corrected chi connectivity index (χ3v) is 1.80. The van der Waals surface area contributed by atoms with Crippen LogP contribution in [0.3, 0.4) is 0 Å². The first-order valence-corrected chi connectivity index (χ1v) is 4.46. The summed E-state index contributed by atoms with van der Waals surface area (Å²) in [5, 5.41) is 8.79. The zero-order valence-electron chi connectivity index (χ0n) is 6.95. The molecule has 4 nitrogen and oxygen atoms in total. The van der Waals surface area contributed by atoms with Crippen LogP contribution in [0.4, 0.5) is 0 Å². The van der Waals surface area contributed by atoms with Crippen LogP contribution in [0.15, 0.2) is 16.9 Å². The SMILES string of the molecule is CCOc1cnc(Br)cc1C(=O)O. The van der Waals surface area contributed by atoms with E-state index in [0.29, 0.717) is 17.0 Å². The first kappa shape index (κ1) is 9.98. The minimum atomic E-state index is -1.02. The van der Waals surface area contributed by atoms with Gasteiger partial charge in [-0.15, -0.1) is 0 Å². The van der Waals surface area contributed by atoms with Crippen molar-refractivity contribution in [3.63, 3.8) is 0 Å². The van der Waals surface area contributed by atoms with Crippen molar-refractivity contribution in [1.29, 1.82) is 0 Å². The van der Waals surface area contributed by atoms with Gasteiger partial charge < -0.3 is 9.84 Å². The van der Waals surface area contributed by atoms with E-state index in [4.69, 9.17) is 9.84 Å². The molecule has 0 bridgehead atoms. The molecule has 5 heteroatoms. The lowest BCUT2D eigenvalue weighted by Gasteiger charge is -2.05. The molecule has 0 aliphatic carbocycles. The fraction of sp³-hybridized carbons (Fsp3) is 0.250. The monoisotopic (exact) mass is 245 g/mol. The highest BCUT2D eigenvalue weighted by atomic mass is 79.9. The topological polar surface area (TPSA) is 59.4 Å². The van der Waals surface area contributed by atoms with Gasteiger partial charge in [0.05, 0.1) is 12.8 Å². The maximum Gasteiger partial charge on any atom is 0.339 e. The van der Waals surface area contributed by atoms with Crippen LogP contribution in [0, 0.1) is 0 Å².